The standard InChI is InChI=1S/C17H12Cl2N2O2/c1-23-14-5-3-13(4-6-14)21-17(22)12(10-20)8-11-2-7-15(18)16(19)9-11/h2-9H,1H3,(H,21,22)/b12-8-. The lowest BCUT2D eigenvalue weighted by Crippen LogP contribution is -2.13. The molecule has 0 unspecified atom stereocenters. The number of hydrogen-bond acceptors (Lipinski definition) is 3. The van der Waals surface area contributed by atoms with Crippen LogP contribution in [-0.2, 0) is 4.79 Å². The molecule has 0 saturated heterocycles. The van der Waals surface area contributed by atoms with Crippen LogP contribution in [0.5, 0.6) is 5.75 Å². The summed E-state index contributed by atoms with van der Waals surface area (Å²) in [6.07, 6.45) is 1.45. The summed E-state index contributed by atoms with van der Waals surface area (Å²) in [5, 5.41) is 12.6. The summed E-state index contributed by atoms with van der Waals surface area (Å²) in [6.45, 7) is 0. The van der Waals surface area contributed by atoms with Crippen LogP contribution in [0.25, 0.3) is 6.08 Å². The highest BCUT2D eigenvalue weighted by atomic mass is 35.5. The van der Waals surface area contributed by atoms with Gasteiger partial charge in [-0.2, -0.15) is 5.26 Å². The number of anilines is 1. The Balaban J connectivity index is 2.18. The Morgan fingerprint density at radius 2 is 1.87 bits per heavy atom. The van der Waals surface area contributed by atoms with Crippen LogP contribution in [0.1, 0.15) is 5.56 Å². The third kappa shape index (κ3) is 4.49. The fourth-order valence-electron chi connectivity index (χ4n) is 1.79. The average Bonchev–Trinajstić information content (AvgIpc) is 2.56. The smallest absolute Gasteiger partial charge is 0.266 e. The molecule has 0 bridgehead atoms. The zero-order valence-corrected chi connectivity index (χ0v) is 13.7. The van der Waals surface area contributed by atoms with Gasteiger partial charge >= 0.3 is 0 Å². The maximum Gasteiger partial charge on any atom is 0.266 e. The molecule has 0 heterocycles. The van der Waals surface area contributed by atoms with Crippen molar-refractivity contribution in [3.63, 3.8) is 0 Å². The molecule has 0 aliphatic heterocycles. The molecule has 6 heteroatoms. The number of amides is 1. The number of carbonyl (C=O) groups excluding carboxylic acids is 1. The van der Waals surface area contributed by atoms with Crippen molar-refractivity contribution in [2.75, 3.05) is 12.4 Å². The number of rotatable bonds is 4. The lowest BCUT2D eigenvalue weighted by atomic mass is 10.1. The minimum Gasteiger partial charge on any atom is -0.497 e. The molecule has 2 aromatic carbocycles. The zero-order chi connectivity index (χ0) is 16.8. The summed E-state index contributed by atoms with van der Waals surface area (Å²) in [7, 11) is 1.56. The van der Waals surface area contributed by atoms with Gasteiger partial charge in [0.25, 0.3) is 5.91 Å². The summed E-state index contributed by atoms with van der Waals surface area (Å²) in [5.41, 5.74) is 1.13. The van der Waals surface area contributed by atoms with Gasteiger partial charge in [-0.15, -0.1) is 0 Å². The van der Waals surface area contributed by atoms with Gasteiger partial charge in [0, 0.05) is 5.69 Å². The Hall–Kier alpha value is -2.48. The third-order valence-corrected chi connectivity index (χ3v) is 3.71. The van der Waals surface area contributed by atoms with E-state index in [1.807, 2.05) is 6.07 Å². The van der Waals surface area contributed by atoms with E-state index < -0.39 is 5.91 Å². The zero-order valence-electron chi connectivity index (χ0n) is 12.1. The lowest BCUT2D eigenvalue weighted by Gasteiger charge is -2.06. The fraction of sp³-hybridized carbons (Fsp3) is 0.0588. The van der Waals surface area contributed by atoms with E-state index in [1.54, 1.807) is 49.6 Å². The molecule has 0 radical (unpaired) electrons. The van der Waals surface area contributed by atoms with Crippen molar-refractivity contribution in [1.82, 2.24) is 0 Å². The second-order valence-corrected chi connectivity index (χ2v) is 5.34. The number of halogens is 2. The molecule has 0 saturated carbocycles. The summed E-state index contributed by atoms with van der Waals surface area (Å²) < 4.78 is 5.04. The van der Waals surface area contributed by atoms with Crippen LogP contribution in [0.3, 0.4) is 0 Å². The van der Waals surface area contributed by atoms with Crippen molar-refractivity contribution in [2.45, 2.75) is 0 Å². The molecule has 1 amide bonds. The highest BCUT2D eigenvalue weighted by Crippen LogP contribution is 2.24. The van der Waals surface area contributed by atoms with Crippen LogP contribution in [0.15, 0.2) is 48.0 Å². The van der Waals surface area contributed by atoms with Crippen molar-refractivity contribution in [1.29, 1.82) is 5.26 Å². The summed E-state index contributed by atoms with van der Waals surface area (Å²) in [6, 6.07) is 13.5. The second kappa shape index (κ2) is 7.68. The van der Waals surface area contributed by atoms with Crippen molar-refractivity contribution >= 4 is 40.9 Å². The topological polar surface area (TPSA) is 62.1 Å². The van der Waals surface area contributed by atoms with Gasteiger partial charge in [0.05, 0.1) is 17.2 Å². The van der Waals surface area contributed by atoms with Gasteiger partial charge in [0.1, 0.15) is 17.4 Å². The maximum absolute atomic E-state index is 12.2. The van der Waals surface area contributed by atoms with Crippen molar-refractivity contribution in [2.24, 2.45) is 0 Å². The Morgan fingerprint density at radius 3 is 2.43 bits per heavy atom. The first kappa shape index (κ1) is 16.9. The van der Waals surface area contributed by atoms with Gasteiger partial charge in [0.2, 0.25) is 0 Å². The van der Waals surface area contributed by atoms with E-state index >= 15 is 0 Å². The highest BCUT2D eigenvalue weighted by Gasteiger charge is 2.10. The van der Waals surface area contributed by atoms with Crippen molar-refractivity contribution < 1.29 is 9.53 Å². The minimum atomic E-state index is -0.510. The third-order valence-electron chi connectivity index (χ3n) is 2.97. The molecule has 1 N–H and O–H groups in total. The van der Waals surface area contributed by atoms with Gasteiger partial charge in [-0.3, -0.25) is 4.79 Å². The van der Waals surface area contributed by atoms with E-state index in [0.29, 0.717) is 27.0 Å². The van der Waals surface area contributed by atoms with Crippen LogP contribution in [-0.4, -0.2) is 13.0 Å². The number of benzene rings is 2. The van der Waals surface area contributed by atoms with Crippen LogP contribution < -0.4 is 10.1 Å². The number of hydrogen-bond donors (Lipinski definition) is 1. The molecular formula is C17H12Cl2N2O2. The minimum absolute atomic E-state index is 0.0424. The van der Waals surface area contributed by atoms with E-state index in [1.165, 1.54) is 6.08 Å². The van der Waals surface area contributed by atoms with E-state index in [0.717, 1.165) is 0 Å². The highest BCUT2D eigenvalue weighted by molar-refractivity contribution is 6.42. The second-order valence-electron chi connectivity index (χ2n) is 4.53. The monoisotopic (exact) mass is 346 g/mol. The van der Waals surface area contributed by atoms with Gasteiger partial charge < -0.3 is 10.1 Å². The molecule has 0 aromatic heterocycles. The molecule has 0 atom stereocenters. The molecule has 0 aliphatic carbocycles. The molecular weight excluding hydrogens is 335 g/mol. The SMILES string of the molecule is COc1ccc(NC(=O)/C(C#N)=C\c2ccc(Cl)c(Cl)c2)cc1. The first-order valence-electron chi connectivity index (χ1n) is 6.55. The average molecular weight is 347 g/mol. The molecule has 4 nitrogen and oxygen atoms in total. The number of ether oxygens (including phenoxy) is 1. The number of carbonyl (C=O) groups is 1. The quantitative estimate of drug-likeness (QED) is 0.652. The van der Waals surface area contributed by atoms with E-state index in [2.05, 4.69) is 5.32 Å². The number of nitriles is 1. The van der Waals surface area contributed by atoms with Gasteiger partial charge in [-0.05, 0) is 48.0 Å². The fourth-order valence-corrected chi connectivity index (χ4v) is 2.10. The predicted octanol–water partition coefficient (Wildman–Crippen LogP) is 4.55. The van der Waals surface area contributed by atoms with Gasteiger partial charge in [-0.25, -0.2) is 0 Å². The Morgan fingerprint density at radius 1 is 1.17 bits per heavy atom. The summed E-state index contributed by atoms with van der Waals surface area (Å²) >= 11 is 11.8. The molecule has 2 rings (SSSR count). The van der Waals surface area contributed by atoms with E-state index in [-0.39, 0.29) is 5.57 Å². The number of methoxy groups -OCH3 is 1. The van der Waals surface area contributed by atoms with Gasteiger partial charge in [0.15, 0.2) is 0 Å². The maximum atomic E-state index is 12.2. The van der Waals surface area contributed by atoms with E-state index in [4.69, 9.17) is 27.9 Å². The van der Waals surface area contributed by atoms with E-state index in [9.17, 15) is 10.1 Å². The van der Waals surface area contributed by atoms with Crippen molar-refractivity contribution in [3.8, 4) is 11.8 Å². The molecule has 0 aliphatic rings. The predicted molar refractivity (Wildman–Crippen MR) is 91.7 cm³/mol. The molecule has 0 spiro atoms. The Bertz CT molecular complexity index is 793. The first-order chi connectivity index (χ1) is 11.0. The Kier molecular flexibility index (Phi) is 5.64. The van der Waals surface area contributed by atoms with Crippen LogP contribution >= 0.6 is 23.2 Å². The summed E-state index contributed by atoms with van der Waals surface area (Å²) in [4.78, 5) is 12.2. The lowest BCUT2D eigenvalue weighted by molar-refractivity contribution is -0.112. The van der Waals surface area contributed by atoms with Crippen LogP contribution in [0.4, 0.5) is 5.69 Å². The normalized spacial score (nSPS) is 10.8. The van der Waals surface area contributed by atoms with Crippen LogP contribution in [0, 0.1) is 11.3 Å². The molecule has 0 fully saturated rings. The largest absolute Gasteiger partial charge is 0.497 e. The van der Waals surface area contributed by atoms with Crippen molar-refractivity contribution in [3.05, 3.63) is 63.6 Å². The molecule has 23 heavy (non-hydrogen) atoms. The summed E-state index contributed by atoms with van der Waals surface area (Å²) in [5.74, 6) is 0.165. The van der Waals surface area contributed by atoms with Gasteiger partial charge in [-0.1, -0.05) is 29.3 Å². The number of nitrogens with zero attached hydrogens (tertiary/aromatic N) is 1. The molecule has 2 aromatic rings. The molecule has 116 valence electrons. The number of nitrogens with one attached hydrogen (secondary N) is 1. The first-order valence-corrected chi connectivity index (χ1v) is 7.31. The Labute approximate surface area is 143 Å². The van der Waals surface area contributed by atoms with Crippen LogP contribution in [0.2, 0.25) is 10.0 Å².